The number of carbonyl (C=O) groups is 1. The van der Waals surface area contributed by atoms with Crippen LogP contribution in [0.2, 0.25) is 0 Å². The summed E-state index contributed by atoms with van der Waals surface area (Å²) in [4.78, 5) is 13.3. The number of aryl methyl sites for hydroxylation is 2. The monoisotopic (exact) mass is 267 g/mol. The van der Waals surface area contributed by atoms with E-state index in [4.69, 9.17) is 5.11 Å². The van der Waals surface area contributed by atoms with E-state index >= 15 is 0 Å². The normalized spacial score (nSPS) is 13.9. The van der Waals surface area contributed by atoms with E-state index < -0.39 is 5.97 Å². The summed E-state index contributed by atoms with van der Waals surface area (Å²) in [6.45, 7) is 3.03. The fourth-order valence-electron chi connectivity index (χ4n) is 2.80. The highest BCUT2D eigenvalue weighted by Crippen LogP contribution is 2.34. The first-order valence-corrected chi connectivity index (χ1v) is 6.85. The van der Waals surface area contributed by atoms with Crippen LogP contribution in [0.1, 0.15) is 27.9 Å². The number of aromatic carboxylic acids is 1. The van der Waals surface area contributed by atoms with Gasteiger partial charge in [-0.2, -0.15) is 0 Å². The van der Waals surface area contributed by atoms with E-state index in [1.165, 1.54) is 16.8 Å². The van der Waals surface area contributed by atoms with Crippen molar-refractivity contribution in [3.63, 3.8) is 0 Å². The highest BCUT2D eigenvalue weighted by atomic mass is 16.4. The molecule has 0 unspecified atom stereocenters. The van der Waals surface area contributed by atoms with Gasteiger partial charge in [0.05, 0.1) is 5.56 Å². The summed E-state index contributed by atoms with van der Waals surface area (Å²) in [6, 6.07) is 13.6. The zero-order chi connectivity index (χ0) is 14.1. The molecule has 0 fully saturated rings. The lowest BCUT2D eigenvalue weighted by atomic mass is 9.99. The van der Waals surface area contributed by atoms with Gasteiger partial charge >= 0.3 is 5.97 Å². The molecule has 0 atom stereocenters. The molecule has 102 valence electrons. The Balaban J connectivity index is 2.04. The summed E-state index contributed by atoms with van der Waals surface area (Å²) in [6.07, 6.45) is 2.18. The number of hydrogen-bond donors (Lipinski definition) is 1. The first-order valence-electron chi connectivity index (χ1n) is 6.85. The summed E-state index contributed by atoms with van der Waals surface area (Å²) in [5, 5.41) is 9.12. The summed E-state index contributed by atoms with van der Waals surface area (Å²) < 4.78 is 0. The number of rotatable bonds is 2. The van der Waals surface area contributed by atoms with Gasteiger partial charge in [-0.05, 0) is 49.6 Å². The van der Waals surface area contributed by atoms with Gasteiger partial charge in [-0.1, -0.05) is 23.8 Å². The highest BCUT2D eigenvalue weighted by molar-refractivity contribution is 5.89. The lowest BCUT2D eigenvalue weighted by Gasteiger charge is -2.31. The van der Waals surface area contributed by atoms with E-state index in [0.29, 0.717) is 5.56 Å². The second-order valence-electron chi connectivity index (χ2n) is 5.24. The number of nitrogens with zero attached hydrogens (tertiary/aromatic N) is 1. The van der Waals surface area contributed by atoms with E-state index in [9.17, 15) is 4.79 Å². The third-order valence-corrected chi connectivity index (χ3v) is 3.76. The molecule has 1 aliphatic rings. The summed E-state index contributed by atoms with van der Waals surface area (Å²) >= 11 is 0. The Morgan fingerprint density at radius 3 is 2.85 bits per heavy atom. The molecule has 1 N–H and O–H groups in total. The van der Waals surface area contributed by atoms with Crippen LogP contribution in [0, 0.1) is 6.92 Å². The molecule has 3 heteroatoms. The molecule has 0 aromatic heterocycles. The first-order chi connectivity index (χ1) is 9.65. The zero-order valence-electron chi connectivity index (χ0n) is 11.5. The van der Waals surface area contributed by atoms with Crippen molar-refractivity contribution < 1.29 is 9.90 Å². The quantitative estimate of drug-likeness (QED) is 0.900. The van der Waals surface area contributed by atoms with Gasteiger partial charge in [0.2, 0.25) is 0 Å². The number of anilines is 2. The van der Waals surface area contributed by atoms with Crippen LogP contribution in [0.3, 0.4) is 0 Å². The second kappa shape index (κ2) is 5.00. The Bertz CT molecular complexity index is 664. The Morgan fingerprint density at radius 1 is 1.20 bits per heavy atom. The SMILES string of the molecule is Cc1ccc2c(c1)CCCN2c1cccc(C(=O)O)c1. The molecule has 3 rings (SSSR count). The summed E-state index contributed by atoms with van der Waals surface area (Å²) in [5.41, 5.74) is 5.10. The number of carboxylic acids is 1. The van der Waals surface area contributed by atoms with E-state index in [1.54, 1.807) is 18.2 Å². The standard InChI is InChI=1S/C17H17NO2/c1-12-7-8-16-13(10-12)5-3-9-18(16)15-6-2-4-14(11-15)17(19)20/h2,4,6-8,10-11H,3,5,9H2,1H3,(H,19,20). The maximum atomic E-state index is 11.1. The maximum absolute atomic E-state index is 11.1. The van der Waals surface area contributed by atoms with Crippen LogP contribution in [0.25, 0.3) is 0 Å². The average molecular weight is 267 g/mol. The van der Waals surface area contributed by atoms with Gasteiger partial charge in [-0.15, -0.1) is 0 Å². The molecule has 0 saturated heterocycles. The lowest BCUT2D eigenvalue weighted by Crippen LogP contribution is -2.24. The highest BCUT2D eigenvalue weighted by Gasteiger charge is 2.18. The molecule has 0 saturated carbocycles. The second-order valence-corrected chi connectivity index (χ2v) is 5.24. The Kier molecular flexibility index (Phi) is 3.18. The number of carboxylic acid groups (broad SMARTS) is 1. The van der Waals surface area contributed by atoms with Crippen molar-refractivity contribution in [2.24, 2.45) is 0 Å². The smallest absolute Gasteiger partial charge is 0.335 e. The van der Waals surface area contributed by atoms with Crippen LogP contribution in [0.15, 0.2) is 42.5 Å². The predicted octanol–water partition coefficient (Wildman–Crippen LogP) is 3.78. The van der Waals surface area contributed by atoms with Gasteiger partial charge < -0.3 is 10.0 Å². The predicted molar refractivity (Wildman–Crippen MR) is 79.9 cm³/mol. The molecular formula is C17H17NO2. The van der Waals surface area contributed by atoms with Gasteiger partial charge in [0, 0.05) is 17.9 Å². The van der Waals surface area contributed by atoms with Crippen molar-refractivity contribution in [2.75, 3.05) is 11.4 Å². The molecular weight excluding hydrogens is 250 g/mol. The Hall–Kier alpha value is -2.29. The van der Waals surface area contributed by atoms with Crippen LogP contribution >= 0.6 is 0 Å². The topological polar surface area (TPSA) is 40.5 Å². The lowest BCUT2D eigenvalue weighted by molar-refractivity contribution is 0.0697. The van der Waals surface area contributed by atoms with Crippen molar-refractivity contribution in [1.29, 1.82) is 0 Å². The van der Waals surface area contributed by atoms with E-state index in [0.717, 1.165) is 25.1 Å². The van der Waals surface area contributed by atoms with E-state index in [-0.39, 0.29) is 0 Å². The first kappa shape index (κ1) is 12.7. The number of fused-ring (bicyclic) bond motifs is 1. The minimum atomic E-state index is -0.881. The zero-order valence-corrected chi connectivity index (χ0v) is 11.5. The van der Waals surface area contributed by atoms with Crippen LogP contribution < -0.4 is 4.90 Å². The van der Waals surface area contributed by atoms with Crippen molar-refractivity contribution >= 4 is 17.3 Å². The van der Waals surface area contributed by atoms with Gasteiger partial charge in [0.1, 0.15) is 0 Å². The summed E-state index contributed by atoms with van der Waals surface area (Å²) in [5.74, 6) is -0.881. The molecule has 1 heterocycles. The molecule has 3 nitrogen and oxygen atoms in total. The van der Waals surface area contributed by atoms with Crippen LogP contribution in [-0.2, 0) is 6.42 Å². The average Bonchev–Trinajstić information content (AvgIpc) is 2.46. The minimum Gasteiger partial charge on any atom is -0.478 e. The maximum Gasteiger partial charge on any atom is 0.335 e. The van der Waals surface area contributed by atoms with Crippen LogP contribution in [0.4, 0.5) is 11.4 Å². The minimum absolute atomic E-state index is 0.335. The molecule has 0 radical (unpaired) electrons. The molecule has 0 spiro atoms. The largest absolute Gasteiger partial charge is 0.478 e. The molecule has 0 amide bonds. The van der Waals surface area contributed by atoms with Gasteiger partial charge in [-0.25, -0.2) is 4.79 Å². The fraction of sp³-hybridized carbons (Fsp3) is 0.235. The van der Waals surface area contributed by atoms with E-state index in [2.05, 4.69) is 30.0 Å². The Morgan fingerprint density at radius 2 is 2.05 bits per heavy atom. The van der Waals surface area contributed by atoms with Gasteiger partial charge in [-0.3, -0.25) is 0 Å². The van der Waals surface area contributed by atoms with Crippen molar-refractivity contribution in [3.8, 4) is 0 Å². The van der Waals surface area contributed by atoms with Gasteiger partial charge in [0.15, 0.2) is 0 Å². The van der Waals surface area contributed by atoms with Crippen LogP contribution in [0.5, 0.6) is 0 Å². The molecule has 2 aromatic carbocycles. The van der Waals surface area contributed by atoms with Crippen LogP contribution in [-0.4, -0.2) is 17.6 Å². The Labute approximate surface area is 118 Å². The molecule has 2 aromatic rings. The molecule has 1 aliphatic heterocycles. The molecule has 0 aliphatic carbocycles. The van der Waals surface area contributed by atoms with Crippen molar-refractivity contribution in [3.05, 3.63) is 59.2 Å². The third kappa shape index (κ3) is 2.27. The number of benzene rings is 2. The van der Waals surface area contributed by atoms with Crippen molar-refractivity contribution in [2.45, 2.75) is 19.8 Å². The molecule has 0 bridgehead atoms. The number of hydrogen-bond acceptors (Lipinski definition) is 2. The van der Waals surface area contributed by atoms with Crippen molar-refractivity contribution in [1.82, 2.24) is 0 Å². The van der Waals surface area contributed by atoms with E-state index in [1.807, 2.05) is 6.07 Å². The van der Waals surface area contributed by atoms with Gasteiger partial charge in [0.25, 0.3) is 0 Å². The third-order valence-electron chi connectivity index (χ3n) is 3.76. The summed E-state index contributed by atoms with van der Waals surface area (Å²) in [7, 11) is 0. The fourth-order valence-corrected chi connectivity index (χ4v) is 2.80. The molecule has 20 heavy (non-hydrogen) atoms.